The van der Waals surface area contributed by atoms with Crippen LogP contribution in [-0.2, 0) is 0 Å². The van der Waals surface area contributed by atoms with Gasteiger partial charge in [0, 0.05) is 22.1 Å². The zero-order valence-corrected chi connectivity index (χ0v) is 19.7. The molecule has 0 saturated carbocycles. The molecule has 0 fully saturated rings. The lowest BCUT2D eigenvalue weighted by molar-refractivity contribution is 1.26. The lowest BCUT2D eigenvalue weighted by atomic mass is 10.1. The summed E-state index contributed by atoms with van der Waals surface area (Å²) in [5.74, 6) is 0. The van der Waals surface area contributed by atoms with E-state index in [1.54, 1.807) is 0 Å². The molecule has 0 N–H and O–H groups in total. The highest BCUT2D eigenvalue weighted by Gasteiger charge is 2.28. The Balaban J connectivity index is 1.90. The molecular weight excluding hydrogens is 431 g/mol. The molecule has 4 aromatic carbocycles. The predicted molar refractivity (Wildman–Crippen MR) is 146 cm³/mol. The van der Waals surface area contributed by atoms with Gasteiger partial charge >= 0.3 is 0 Å². The van der Waals surface area contributed by atoms with E-state index in [9.17, 15) is 0 Å². The van der Waals surface area contributed by atoms with Gasteiger partial charge in [0.05, 0.1) is 18.4 Å². The molecule has 164 valence electrons. The summed E-state index contributed by atoms with van der Waals surface area (Å²) < 4.78 is 5.69. The van der Waals surface area contributed by atoms with Gasteiger partial charge in [-0.2, -0.15) is 0 Å². The second-order valence-electron chi connectivity index (χ2n) is 7.90. The molecule has 5 aromatic rings. The Morgan fingerprint density at radius 2 is 0.971 bits per heavy atom. The number of hydrogen-bond acceptors (Lipinski definition) is 2. The lowest BCUT2D eigenvalue weighted by Crippen LogP contribution is -2.25. The SMILES string of the molecule is C(=C(\N=P(c1ccccc1)(c1ccccc1)c1ccccc1)c1ccccn1)/c1ccccc1. The molecule has 0 spiro atoms. The number of rotatable bonds is 6. The van der Waals surface area contributed by atoms with E-state index >= 15 is 0 Å². The van der Waals surface area contributed by atoms with Crippen LogP contribution in [0.15, 0.2) is 150 Å². The van der Waals surface area contributed by atoms with Crippen LogP contribution in [0.4, 0.5) is 0 Å². The fourth-order valence-electron chi connectivity index (χ4n) is 4.09. The molecule has 0 amide bonds. The first-order valence-corrected chi connectivity index (χ1v) is 13.1. The third kappa shape index (κ3) is 4.55. The zero-order chi connectivity index (χ0) is 23.1. The van der Waals surface area contributed by atoms with Gasteiger partial charge in [0.25, 0.3) is 0 Å². The van der Waals surface area contributed by atoms with E-state index in [-0.39, 0.29) is 0 Å². The van der Waals surface area contributed by atoms with Gasteiger partial charge < -0.3 is 0 Å². The molecule has 0 aliphatic heterocycles. The van der Waals surface area contributed by atoms with Crippen LogP contribution in [0, 0.1) is 0 Å². The highest BCUT2D eigenvalue weighted by atomic mass is 31.2. The largest absolute Gasteiger partial charge is 0.255 e. The molecule has 0 radical (unpaired) electrons. The van der Waals surface area contributed by atoms with Crippen molar-refractivity contribution < 1.29 is 0 Å². The molecule has 5 rings (SSSR count). The Hall–Kier alpha value is -4.00. The summed E-state index contributed by atoms with van der Waals surface area (Å²) in [5.41, 5.74) is 2.83. The third-order valence-corrected chi connectivity index (χ3v) is 9.33. The van der Waals surface area contributed by atoms with Gasteiger partial charge in [0.15, 0.2) is 0 Å². The Bertz CT molecular complexity index is 1310. The van der Waals surface area contributed by atoms with Crippen LogP contribution in [0.2, 0.25) is 0 Å². The van der Waals surface area contributed by atoms with Crippen LogP contribution < -0.4 is 15.9 Å². The Labute approximate surface area is 201 Å². The van der Waals surface area contributed by atoms with E-state index in [0.717, 1.165) is 17.0 Å². The maximum Gasteiger partial charge on any atom is 0.0887 e. The second-order valence-corrected chi connectivity index (χ2v) is 10.9. The minimum absolute atomic E-state index is 0.860. The summed E-state index contributed by atoms with van der Waals surface area (Å²) in [7, 11) is -2.40. The van der Waals surface area contributed by atoms with Gasteiger partial charge in [-0.05, 0) is 23.8 Å². The van der Waals surface area contributed by atoms with Gasteiger partial charge in [-0.1, -0.05) is 127 Å². The van der Waals surface area contributed by atoms with Gasteiger partial charge in [-0.15, -0.1) is 0 Å². The van der Waals surface area contributed by atoms with Crippen molar-refractivity contribution in [2.24, 2.45) is 4.74 Å². The van der Waals surface area contributed by atoms with E-state index in [1.807, 2.05) is 30.5 Å². The van der Waals surface area contributed by atoms with Crippen molar-refractivity contribution in [2.75, 3.05) is 0 Å². The van der Waals surface area contributed by atoms with Crippen LogP contribution in [0.5, 0.6) is 0 Å². The summed E-state index contributed by atoms with van der Waals surface area (Å²) in [6.45, 7) is 0. The average molecular weight is 457 g/mol. The summed E-state index contributed by atoms with van der Waals surface area (Å²) in [4.78, 5) is 4.70. The number of aromatic nitrogens is 1. The van der Waals surface area contributed by atoms with E-state index < -0.39 is 7.05 Å². The summed E-state index contributed by atoms with van der Waals surface area (Å²) >= 11 is 0. The van der Waals surface area contributed by atoms with Crippen LogP contribution in [0.25, 0.3) is 11.8 Å². The predicted octanol–water partition coefficient (Wildman–Crippen LogP) is 6.76. The molecule has 0 atom stereocenters. The fourth-order valence-corrected chi connectivity index (χ4v) is 7.62. The van der Waals surface area contributed by atoms with E-state index in [1.165, 1.54) is 15.9 Å². The molecule has 2 nitrogen and oxygen atoms in total. The first kappa shape index (κ1) is 21.8. The normalized spacial score (nSPS) is 11.7. The first-order valence-electron chi connectivity index (χ1n) is 11.3. The zero-order valence-electron chi connectivity index (χ0n) is 18.8. The number of pyridine rings is 1. The van der Waals surface area contributed by atoms with Crippen molar-refractivity contribution in [3.63, 3.8) is 0 Å². The van der Waals surface area contributed by atoms with Crippen molar-refractivity contribution in [1.82, 2.24) is 4.98 Å². The van der Waals surface area contributed by atoms with Gasteiger partial charge in [-0.25, -0.2) is 0 Å². The summed E-state index contributed by atoms with van der Waals surface area (Å²) in [6, 6.07) is 48.4. The molecule has 1 heterocycles. The van der Waals surface area contributed by atoms with E-state index in [4.69, 9.17) is 9.73 Å². The summed E-state index contributed by atoms with van der Waals surface area (Å²) in [6.07, 6.45) is 3.98. The van der Waals surface area contributed by atoms with Crippen molar-refractivity contribution in [1.29, 1.82) is 0 Å². The molecule has 1 aromatic heterocycles. The van der Waals surface area contributed by atoms with Crippen molar-refractivity contribution >= 4 is 34.7 Å². The standard InChI is InChI=1S/C31H25N2P/c1-5-15-26(16-6-1)25-31(30-23-13-14-24-32-30)33-34(27-17-7-2-8-18-27,28-19-9-3-10-20-28)29-21-11-4-12-22-29/h1-25H/b31-25+. The molecule has 3 heteroatoms. The fraction of sp³-hybridized carbons (Fsp3) is 0. The molecule has 0 unspecified atom stereocenters. The Morgan fingerprint density at radius 1 is 0.529 bits per heavy atom. The van der Waals surface area contributed by atoms with Crippen LogP contribution >= 0.6 is 7.05 Å². The minimum atomic E-state index is -2.40. The topological polar surface area (TPSA) is 25.2 Å². The van der Waals surface area contributed by atoms with Gasteiger partial charge in [-0.3, -0.25) is 9.73 Å². The monoisotopic (exact) mass is 456 g/mol. The van der Waals surface area contributed by atoms with Crippen LogP contribution in [0.1, 0.15) is 11.3 Å². The van der Waals surface area contributed by atoms with Crippen molar-refractivity contribution in [3.8, 4) is 0 Å². The Kier molecular flexibility index (Phi) is 6.61. The molecule has 0 bridgehead atoms. The lowest BCUT2D eigenvalue weighted by Gasteiger charge is -2.27. The average Bonchev–Trinajstić information content (AvgIpc) is 2.93. The molecule has 34 heavy (non-hydrogen) atoms. The van der Waals surface area contributed by atoms with Gasteiger partial charge in [0.2, 0.25) is 0 Å². The first-order chi connectivity index (χ1) is 16.9. The molecular formula is C31H25N2P. The summed E-state index contributed by atoms with van der Waals surface area (Å²) in [5, 5.41) is 3.63. The number of hydrogen-bond donors (Lipinski definition) is 0. The maximum absolute atomic E-state index is 5.69. The molecule has 0 aliphatic carbocycles. The third-order valence-electron chi connectivity index (χ3n) is 5.68. The highest BCUT2D eigenvalue weighted by molar-refractivity contribution is 7.87. The maximum atomic E-state index is 5.69. The molecule has 0 saturated heterocycles. The van der Waals surface area contributed by atoms with E-state index in [0.29, 0.717) is 0 Å². The molecule has 0 aliphatic rings. The smallest absolute Gasteiger partial charge is 0.0887 e. The van der Waals surface area contributed by atoms with Crippen molar-refractivity contribution in [3.05, 3.63) is 157 Å². The highest BCUT2D eigenvalue weighted by Crippen LogP contribution is 2.49. The van der Waals surface area contributed by atoms with Gasteiger partial charge in [0.1, 0.15) is 0 Å². The van der Waals surface area contributed by atoms with Crippen LogP contribution in [-0.4, -0.2) is 4.98 Å². The van der Waals surface area contributed by atoms with Crippen LogP contribution in [0.3, 0.4) is 0 Å². The quantitative estimate of drug-likeness (QED) is 0.259. The van der Waals surface area contributed by atoms with Crippen molar-refractivity contribution in [2.45, 2.75) is 0 Å². The van der Waals surface area contributed by atoms with E-state index in [2.05, 4.69) is 121 Å². The second kappa shape index (κ2) is 10.3. The Morgan fingerprint density at radius 3 is 1.41 bits per heavy atom. The number of nitrogens with zero attached hydrogens (tertiary/aromatic N) is 2. The minimum Gasteiger partial charge on any atom is -0.255 e. The number of benzene rings is 4.